The molecule has 0 unspecified atom stereocenters. The highest BCUT2D eigenvalue weighted by Gasteiger charge is 2.12. The zero-order valence-electron chi connectivity index (χ0n) is 10.1. The second-order valence-corrected chi connectivity index (χ2v) is 5.16. The van der Waals surface area contributed by atoms with Gasteiger partial charge in [0.15, 0.2) is 0 Å². The summed E-state index contributed by atoms with van der Waals surface area (Å²) in [6.45, 7) is 6.34. The molecule has 1 rings (SSSR count). The normalized spacial score (nSPS) is 11.2. The molecule has 2 N–H and O–H groups in total. The van der Waals surface area contributed by atoms with Gasteiger partial charge in [0, 0.05) is 12.1 Å². The van der Waals surface area contributed by atoms with Gasteiger partial charge in [-0.2, -0.15) is 0 Å². The van der Waals surface area contributed by atoms with E-state index in [2.05, 4.69) is 26.1 Å². The van der Waals surface area contributed by atoms with Gasteiger partial charge >= 0.3 is 0 Å². The van der Waals surface area contributed by atoms with E-state index in [1.165, 1.54) is 0 Å². The Balaban J connectivity index is 2.43. The highest BCUT2D eigenvalue weighted by Crippen LogP contribution is 2.21. The summed E-state index contributed by atoms with van der Waals surface area (Å²) in [5.41, 5.74) is 0.892. The second kappa shape index (κ2) is 5.01. The smallest absolute Gasteiger partial charge is 0.224 e. The molecular weight excluding hydrogens is 202 g/mol. The van der Waals surface area contributed by atoms with Gasteiger partial charge in [-0.25, -0.2) is 0 Å². The standard InChI is InChI=1S/C13H19NO2/c1-13(2,3)9-8-12(16)14-10-4-6-11(15)7-5-10/h4-7,15H,8-9H2,1-3H3,(H,14,16). The summed E-state index contributed by atoms with van der Waals surface area (Å²) < 4.78 is 0. The number of anilines is 1. The average molecular weight is 221 g/mol. The minimum Gasteiger partial charge on any atom is -0.508 e. The van der Waals surface area contributed by atoms with Gasteiger partial charge in [-0.15, -0.1) is 0 Å². The van der Waals surface area contributed by atoms with Crippen molar-refractivity contribution in [3.63, 3.8) is 0 Å². The first-order valence-corrected chi connectivity index (χ1v) is 5.46. The van der Waals surface area contributed by atoms with Crippen LogP contribution in [-0.2, 0) is 4.79 Å². The molecule has 0 heterocycles. The molecule has 1 aromatic rings. The van der Waals surface area contributed by atoms with Gasteiger partial charge in [0.1, 0.15) is 5.75 Å². The van der Waals surface area contributed by atoms with Crippen LogP contribution in [0.3, 0.4) is 0 Å². The van der Waals surface area contributed by atoms with E-state index in [0.29, 0.717) is 6.42 Å². The van der Waals surface area contributed by atoms with Crippen LogP contribution in [0.4, 0.5) is 5.69 Å². The molecule has 88 valence electrons. The Kier molecular flexibility index (Phi) is 3.93. The van der Waals surface area contributed by atoms with Gasteiger partial charge < -0.3 is 10.4 Å². The van der Waals surface area contributed by atoms with Crippen LogP contribution in [0.1, 0.15) is 33.6 Å². The first kappa shape index (κ1) is 12.6. The topological polar surface area (TPSA) is 49.3 Å². The minimum atomic E-state index is 0.0145. The third kappa shape index (κ3) is 4.82. The third-order valence-electron chi connectivity index (χ3n) is 2.25. The molecule has 0 spiro atoms. The van der Waals surface area contributed by atoms with Crippen LogP contribution in [0.2, 0.25) is 0 Å². The van der Waals surface area contributed by atoms with E-state index < -0.39 is 0 Å². The highest BCUT2D eigenvalue weighted by atomic mass is 16.3. The predicted octanol–water partition coefficient (Wildman–Crippen LogP) is 3.16. The third-order valence-corrected chi connectivity index (χ3v) is 2.25. The molecule has 0 radical (unpaired) electrons. The Morgan fingerprint density at radius 1 is 1.25 bits per heavy atom. The van der Waals surface area contributed by atoms with Crippen LogP contribution in [-0.4, -0.2) is 11.0 Å². The lowest BCUT2D eigenvalue weighted by Crippen LogP contribution is -2.15. The highest BCUT2D eigenvalue weighted by molar-refractivity contribution is 5.90. The van der Waals surface area contributed by atoms with E-state index >= 15 is 0 Å². The molecule has 3 heteroatoms. The van der Waals surface area contributed by atoms with Gasteiger partial charge in [0.2, 0.25) is 5.91 Å². The summed E-state index contributed by atoms with van der Waals surface area (Å²) in [5, 5.41) is 11.9. The largest absolute Gasteiger partial charge is 0.508 e. The summed E-state index contributed by atoms with van der Waals surface area (Å²) in [4.78, 5) is 11.6. The van der Waals surface area contributed by atoms with Crippen molar-refractivity contribution in [3.05, 3.63) is 24.3 Å². The lowest BCUT2D eigenvalue weighted by Gasteiger charge is -2.17. The molecule has 1 amide bonds. The van der Waals surface area contributed by atoms with Crippen molar-refractivity contribution in [2.45, 2.75) is 33.6 Å². The Hall–Kier alpha value is -1.51. The molecule has 0 aromatic heterocycles. The van der Waals surface area contributed by atoms with E-state index in [0.717, 1.165) is 12.1 Å². The molecule has 1 aromatic carbocycles. The molecule has 0 fully saturated rings. The summed E-state index contributed by atoms with van der Waals surface area (Å²) in [6, 6.07) is 6.48. The fourth-order valence-corrected chi connectivity index (χ4v) is 1.26. The van der Waals surface area contributed by atoms with Crippen molar-refractivity contribution in [2.75, 3.05) is 5.32 Å². The van der Waals surface area contributed by atoms with E-state index in [9.17, 15) is 4.79 Å². The fraction of sp³-hybridized carbons (Fsp3) is 0.462. The Morgan fingerprint density at radius 3 is 2.31 bits per heavy atom. The van der Waals surface area contributed by atoms with Crippen LogP contribution in [0, 0.1) is 5.41 Å². The van der Waals surface area contributed by atoms with Gasteiger partial charge in [0.05, 0.1) is 0 Å². The van der Waals surface area contributed by atoms with Crippen molar-refractivity contribution in [1.29, 1.82) is 0 Å². The number of rotatable bonds is 3. The quantitative estimate of drug-likeness (QED) is 0.770. The number of nitrogens with one attached hydrogen (secondary N) is 1. The Bertz CT molecular complexity index is 349. The number of phenols is 1. The molecule has 3 nitrogen and oxygen atoms in total. The van der Waals surface area contributed by atoms with E-state index in [1.807, 2.05) is 0 Å². The van der Waals surface area contributed by atoms with Gasteiger partial charge in [0.25, 0.3) is 0 Å². The van der Waals surface area contributed by atoms with Crippen molar-refractivity contribution < 1.29 is 9.90 Å². The van der Waals surface area contributed by atoms with E-state index in [4.69, 9.17) is 5.11 Å². The molecule has 0 aliphatic heterocycles. The van der Waals surface area contributed by atoms with Gasteiger partial charge in [-0.3, -0.25) is 4.79 Å². The molecule has 0 bridgehead atoms. The van der Waals surface area contributed by atoms with Crippen LogP contribution < -0.4 is 5.32 Å². The summed E-state index contributed by atoms with van der Waals surface area (Å²) in [5.74, 6) is 0.216. The number of carbonyl (C=O) groups is 1. The molecule has 0 atom stereocenters. The second-order valence-electron chi connectivity index (χ2n) is 5.16. The number of carbonyl (C=O) groups excluding carboxylic acids is 1. The maximum atomic E-state index is 11.6. The molecule has 0 saturated carbocycles. The number of hydrogen-bond donors (Lipinski definition) is 2. The summed E-state index contributed by atoms with van der Waals surface area (Å²) >= 11 is 0. The zero-order valence-corrected chi connectivity index (χ0v) is 10.1. The number of phenolic OH excluding ortho intramolecular Hbond substituents is 1. The molecule has 0 aliphatic carbocycles. The molecule has 0 saturated heterocycles. The zero-order chi connectivity index (χ0) is 12.2. The Morgan fingerprint density at radius 2 is 1.81 bits per heavy atom. The van der Waals surface area contributed by atoms with Crippen LogP contribution >= 0.6 is 0 Å². The van der Waals surface area contributed by atoms with Gasteiger partial charge in [-0.05, 0) is 36.1 Å². The van der Waals surface area contributed by atoms with Crippen LogP contribution in [0.15, 0.2) is 24.3 Å². The maximum Gasteiger partial charge on any atom is 0.224 e. The SMILES string of the molecule is CC(C)(C)CCC(=O)Nc1ccc(O)cc1. The number of hydrogen-bond acceptors (Lipinski definition) is 2. The van der Waals surface area contributed by atoms with Crippen molar-refractivity contribution in [1.82, 2.24) is 0 Å². The van der Waals surface area contributed by atoms with Crippen molar-refractivity contribution in [2.24, 2.45) is 5.41 Å². The molecule has 16 heavy (non-hydrogen) atoms. The minimum absolute atomic E-state index is 0.0145. The summed E-state index contributed by atoms with van der Waals surface area (Å²) in [7, 11) is 0. The van der Waals surface area contributed by atoms with E-state index in [-0.39, 0.29) is 17.1 Å². The molecular formula is C13H19NO2. The Labute approximate surface area is 96.5 Å². The van der Waals surface area contributed by atoms with E-state index in [1.54, 1.807) is 24.3 Å². The average Bonchev–Trinajstić information content (AvgIpc) is 2.18. The number of benzene rings is 1. The van der Waals surface area contributed by atoms with Crippen LogP contribution in [0.5, 0.6) is 5.75 Å². The fourth-order valence-electron chi connectivity index (χ4n) is 1.26. The first-order valence-electron chi connectivity index (χ1n) is 5.46. The monoisotopic (exact) mass is 221 g/mol. The number of aromatic hydroxyl groups is 1. The predicted molar refractivity (Wildman–Crippen MR) is 65.4 cm³/mol. The lowest BCUT2D eigenvalue weighted by molar-refractivity contribution is -0.116. The maximum absolute atomic E-state index is 11.6. The first-order chi connectivity index (χ1) is 7.37. The van der Waals surface area contributed by atoms with Crippen LogP contribution in [0.25, 0.3) is 0 Å². The van der Waals surface area contributed by atoms with Gasteiger partial charge in [-0.1, -0.05) is 20.8 Å². The molecule has 0 aliphatic rings. The van der Waals surface area contributed by atoms with Crippen molar-refractivity contribution >= 4 is 11.6 Å². The lowest BCUT2D eigenvalue weighted by atomic mass is 9.90. The number of amides is 1. The van der Waals surface area contributed by atoms with Crippen molar-refractivity contribution in [3.8, 4) is 5.75 Å². The summed E-state index contributed by atoms with van der Waals surface area (Å²) in [6.07, 6.45) is 1.38.